The van der Waals surface area contributed by atoms with Crippen molar-refractivity contribution in [3.63, 3.8) is 0 Å². The lowest BCUT2D eigenvalue weighted by atomic mass is 9.44. The van der Waals surface area contributed by atoms with E-state index in [1.807, 2.05) is 0 Å². The Labute approximate surface area is 169 Å². The zero-order valence-electron chi connectivity index (χ0n) is 17.8. The summed E-state index contributed by atoms with van der Waals surface area (Å²) in [7, 11) is 0. The lowest BCUT2D eigenvalue weighted by Gasteiger charge is -2.62. The Balaban J connectivity index is 1.57. The molecule has 0 aromatic rings. The zero-order valence-corrected chi connectivity index (χ0v) is 17.8. The van der Waals surface area contributed by atoms with Crippen molar-refractivity contribution in [2.75, 3.05) is 0 Å². The van der Waals surface area contributed by atoms with Gasteiger partial charge in [0.25, 0.3) is 0 Å². The van der Waals surface area contributed by atoms with E-state index in [2.05, 4.69) is 20.8 Å². The van der Waals surface area contributed by atoms with Gasteiger partial charge in [0.15, 0.2) is 0 Å². The van der Waals surface area contributed by atoms with Gasteiger partial charge in [0.1, 0.15) is 5.78 Å². The van der Waals surface area contributed by atoms with Crippen LogP contribution < -0.4 is 0 Å². The molecule has 4 aliphatic rings. The van der Waals surface area contributed by atoms with E-state index in [0.717, 1.165) is 32.1 Å². The van der Waals surface area contributed by atoms with Crippen LogP contribution in [0.5, 0.6) is 0 Å². The summed E-state index contributed by atoms with van der Waals surface area (Å²) in [5.74, 6) is 2.76. The van der Waals surface area contributed by atoms with Crippen molar-refractivity contribution < 1.29 is 19.8 Å². The third-order valence-electron chi connectivity index (χ3n) is 10.2. The third-order valence-corrected chi connectivity index (χ3v) is 10.2. The van der Waals surface area contributed by atoms with E-state index < -0.39 is 5.97 Å². The number of carbonyl (C=O) groups is 2. The molecule has 0 saturated heterocycles. The molecule has 0 heterocycles. The highest BCUT2D eigenvalue weighted by atomic mass is 16.4. The molecule has 0 aromatic carbocycles. The second-order valence-electron chi connectivity index (χ2n) is 11.1. The summed E-state index contributed by atoms with van der Waals surface area (Å²) in [5.41, 5.74) is 0.138. The Morgan fingerprint density at radius 2 is 1.93 bits per heavy atom. The third kappa shape index (κ3) is 2.97. The smallest absolute Gasteiger partial charge is 0.303 e. The van der Waals surface area contributed by atoms with Crippen molar-refractivity contribution in [2.24, 2.45) is 46.3 Å². The lowest BCUT2D eigenvalue weighted by molar-refractivity contribution is -0.171. The molecule has 0 spiro atoms. The Morgan fingerprint density at radius 1 is 1.18 bits per heavy atom. The number of aliphatic hydroxyl groups is 1. The van der Waals surface area contributed by atoms with E-state index >= 15 is 0 Å². The van der Waals surface area contributed by atoms with Crippen LogP contribution in [-0.2, 0) is 9.59 Å². The molecule has 0 aromatic heterocycles. The molecule has 0 bridgehead atoms. The van der Waals surface area contributed by atoms with Gasteiger partial charge in [-0.05, 0) is 91.3 Å². The van der Waals surface area contributed by atoms with Crippen LogP contribution in [0.25, 0.3) is 0 Å². The minimum absolute atomic E-state index is 0.0766. The van der Waals surface area contributed by atoms with Crippen LogP contribution in [-0.4, -0.2) is 28.1 Å². The van der Waals surface area contributed by atoms with Crippen molar-refractivity contribution in [3.05, 3.63) is 0 Å². The first-order chi connectivity index (χ1) is 13.2. The lowest BCUT2D eigenvalue weighted by Crippen LogP contribution is -2.58. The molecule has 4 rings (SSSR count). The fourth-order valence-corrected chi connectivity index (χ4v) is 8.52. The first-order valence-corrected chi connectivity index (χ1v) is 11.6. The maximum atomic E-state index is 12.1. The number of ketones is 1. The summed E-state index contributed by atoms with van der Waals surface area (Å²) in [4.78, 5) is 23.1. The van der Waals surface area contributed by atoms with Gasteiger partial charge in [-0.1, -0.05) is 20.8 Å². The summed E-state index contributed by atoms with van der Waals surface area (Å²) in [6.07, 6.45) is 8.69. The monoisotopic (exact) mass is 390 g/mol. The molecule has 4 heteroatoms. The topological polar surface area (TPSA) is 74.6 Å². The highest BCUT2D eigenvalue weighted by Gasteiger charge is 2.63. The van der Waals surface area contributed by atoms with Crippen molar-refractivity contribution in [1.82, 2.24) is 0 Å². The van der Waals surface area contributed by atoms with Gasteiger partial charge in [-0.15, -0.1) is 0 Å². The van der Waals surface area contributed by atoms with E-state index in [0.29, 0.717) is 47.7 Å². The predicted molar refractivity (Wildman–Crippen MR) is 108 cm³/mol. The second-order valence-corrected chi connectivity index (χ2v) is 11.1. The first kappa shape index (κ1) is 20.4. The largest absolute Gasteiger partial charge is 0.481 e. The highest BCUT2D eigenvalue weighted by molar-refractivity contribution is 5.79. The Hall–Kier alpha value is -0.900. The molecule has 4 fully saturated rings. The molecule has 4 nitrogen and oxygen atoms in total. The van der Waals surface area contributed by atoms with Gasteiger partial charge in [0.2, 0.25) is 0 Å². The van der Waals surface area contributed by atoms with Crippen LogP contribution in [0.3, 0.4) is 0 Å². The summed E-state index contributed by atoms with van der Waals surface area (Å²) in [5, 5.41) is 20.5. The van der Waals surface area contributed by atoms with E-state index in [-0.39, 0.29) is 23.4 Å². The van der Waals surface area contributed by atoms with Gasteiger partial charge in [-0.3, -0.25) is 9.59 Å². The van der Waals surface area contributed by atoms with E-state index in [9.17, 15) is 14.7 Å². The average Bonchev–Trinajstić information content (AvgIpc) is 3.00. The van der Waals surface area contributed by atoms with Gasteiger partial charge in [0, 0.05) is 19.3 Å². The molecule has 4 saturated carbocycles. The molecular formula is C24H38O4. The summed E-state index contributed by atoms with van der Waals surface area (Å²) in [6, 6.07) is 0. The molecule has 0 unspecified atom stereocenters. The quantitative estimate of drug-likeness (QED) is 0.730. The standard InChI is InChI=1S/C24H38O4/c1-14(4-9-22(27)28)18-7-8-19-17-6-5-15-12-16(25)10-11-23(15,2)20(17)13-21(26)24(18,19)3/h14-15,17-21,26H,4-13H2,1-3H3,(H,27,28)/t14-,15-,17+,18-,19+,20+,21+,23+,24-/m1/s1. The number of aliphatic carboxylic acids is 1. The number of hydrogen-bond donors (Lipinski definition) is 2. The zero-order chi connectivity index (χ0) is 20.3. The van der Waals surface area contributed by atoms with Gasteiger partial charge >= 0.3 is 5.97 Å². The molecular weight excluding hydrogens is 352 g/mol. The summed E-state index contributed by atoms with van der Waals surface area (Å²) in [6.45, 7) is 6.93. The van der Waals surface area contributed by atoms with Crippen molar-refractivity contribution in [2.45, 2.75) is 91.1 Å². The SMILES string of the molecule is C[C@H](CCC(=O)O)[C@H]1CC[C@H]2[C@@H]3CC[C@@H]4CC(=O)CC[C@]4(C)[C@H]3C[C@H](O)[C@]12C. The first-order valence-electron chi connectivity index (χ1n) is 11.6. The Morgan fingerprint density at radius 3 is 2.64 bits per heavy atom. The maximum Gasteiger partial charge on any atom is 0.303 e. The Kier molecular flexibility index (Phi) is 5.17. The van der Waals surface area contributed by atoms with E-state index in [4.69, 9.17) is 5.11 Å². The fourth-order valence-electron chi connectivity index (χ4n) is 8.52. The van der Waals surface area contributed by atoms with Crippen LogP contribution in [0.1, 0.15) is 85.0 Å². The minimum Gasteiger partial charge on any atom is -0.481 e. The molecule has 0 aliphatic heterocycles. The molecule has 4 aliphatic carbocycles. The number of rotatable bonds is 4. The predicted octanol–water partition coefficient (Wildman–Crippen LogP) is 4.69. The van der Waals surface area contributed by atoms with Crippen LogP contribution >= 0.6 is 0 Å². The molecule has 0 radical (unpaired) electrons. The molecule has 0 amide bonds. The van der Waals surface area contributed by atoms with Crippen molar-refractivity contribution in [3.8, 4) is 0 Å². The van der Waals surface area contributed by atoms with E-state index in [1.165, 1.54) is 19.3 Å². The van der Waals surface area contributed by atoms with Crippen LogP contribution in [0, 0.1) is 46.3 Å². The van der Waals surface area contributed by atoms with Gasteiger partial charge in [-0.25, -0.2) is 0 Å². The normalized spacial score (nSPS) is 49.1. The van der Waals surface area contributed by atoms with Gasteiger partial charge < -0.3 is 10.2 Å². The summed E-state index contributed by atoms with van der Waals surface area (Å²) < 4.78 is 0. The number of carboxylic acid groups (broad SMARTS) is 1. The number of fused-ring (bicyclic) bond motifs is 5. The average molecular weight is 391 g/mol. The fraction of sp³-hybridized carbons (Fsp3) is 0.917. The number of aliphatic hydroxyl groups excluding tert-OH is 1. The van der Waals surface area contributed by atoms with E-state index in [1.54, 1.807) is 0 Å². The second kappa shape index (κ2) is 7.11. The Bertz CT molecular complexity index is 645. The van der Waals surface area contributed by atoms with Crippen LogP contribution in [0.4, 0.5) is 0 Å². The molecule has 2 N–H and O–H groups in total. The van der Waals surface area contributed by atoms with Gasteiger partial charge in [0.05, 0.1) is 6.10 Å². The van der Waals surface area contributed by atoms with Crippen LogP contribution in [0.2, 0.25) is 0 Å². The van der Waals surface area contributed by atoms with Crippen molar-refractivity contribution >= 4 is 11.8 Å². The number of carboxylic acids is 1. The molecule has 9 atom stereocenters. The highest BCUT2D eigenvalue weighted by Crippen LogP contribution is 2.68. The summed E-state index contributed by atoms with van der Waals surface area (Å²) >= 11 is 0. The molecule has 28 heavy (non-hydrogen) atoms. The van der Waals surface area contributed by atoms with Gasteiger partial charge in [-0.2, -0.15) is 0 Å². The maximum absolute atomic E-state index is 12.1. The minimum atomic E-state index is -0.714. The number of hydrogen-bond acceptors (Lipinski definition) is 3. The van der Waals surface area contributed by atoms with Crippen LogP contribution in [0.15, 0.2) is 0 Å². The number of Topliss-reactive ketones (excluding diaryl/α,β-unsaturated/α-hetero) is 1. The molecule has 158 valence electrons. The number of carbonyl (C=O) groups excluding carboxylic acids is 1. The van der Waals surface area contributed by atoms with Crippen molar-refractivity contribution in [1.29, 1.82) is 0 Å².